The van der Waals surface area contributed by atoms with Gasteiger partial charge in [-0.2, -0.15) is 10.2 Å². The molecular formula is C80H90BBrN12O10. The number of rotatable bonds is 24. The fourth-order valence-corrected chi connectivity index (χ4v) is 13.2. The summed E-state index contributed by atoms with van der Waals surface area (Å²) >= 11 is 3.54. The van der Waals surface area contributed by atoms with Crippen LogP contribution in [0, 0.1) is 27.7 Å². The molecule has 12 rings (SSSR count). The average molecular weight is 1470 g/mol. The Morgan fingerprint density at radius 3 is 1.38 bits per heavy atom. The Kier molecular flexibility index (Phi) is 26.6. The number of aromatic nitrogens is 6. The van der Waals surface area contributed by atoms with E-state index in [9.17, 15) is 28.8 Å². The van der Waals surface area contributed by atoms with Crippen LogP contribution in [0.25, 0.3) is 33.2 Å². The zero-order chi connectivity index (χ0) is 74.0. The Labute approximate surface area is 614 Å². The second-order valence-corrected chi connectivity index (χ2v) is 26.9. The van der Waals surface area contributed by atoms with E-state index in [-0.39, 0.29) is 42.3 Å². The van der Waals surface area contributed by atoms with Crippen LogP contribution in [0.2, 0.25) is 0 Å². The number of nitrogens with one attached hydrogen (secondary N) is 6. The minimum absolute atomic E-state index is 0.228. The van der Waals surface area contributed by atoms with Crippen molar-refractivity contribution in [2.75, 3.05) is 37.1 Å². The maximum Gasteiger partial charge on any atom is 0.488 e. The molecule has 0 radical (unpaired) electrons. The van der Waals surface area contributed by atoms with Crippen molar-refractivity contribution in [1.29, 1.82) is 0 Å². The van der Waals surface area contributed by atoms with Crippen LogP contribution in [0.15, 0.2) is 138 Å². The number of carbonyl (C=O) groups is 6. The number of anilines is 2. The summed E-state index contributed by atoms with van der Waals surface area (Å²) in [5.41, 5.74) is 18.1. The number of fused-ring (bicyclic) bond motifs is 2. The molecule has 8 N–H and O–H groups in total. The summed E-state index contributed by atoms with van der Waals surface area (Å²) in [5, 5.41) is 48.1. The minimum atomic E-state index is -1.50. The van der Waals surface area contributed by atoms with Gasteiger partial charge in [0.25, 0.3) is 23.6 Å². The monoisotopic (exact) mass is 1470 g/mol. The van der Waals surface area contributed by atoms with E-state index >= 15 is 0 Å². The number of hydrogen-bond donors (Lipinski definition) is 8. The van der Waals surface area contributed by atoms with Crippen LogP contribution in [0.1, 0.15) is 171 Å². The van der Waals surface area contributed by atoms with Gasteiger partial charge >= 0.3 is 7.12 Å². The summed E-state index contributed by atoms with van der Waals surface area (Å²) in [6, 6.07) is 36.6. The molecule has 0 saturated carbocycles. The number of hydrogen-bond acceptors (Lipinski definition) is 16. The van der Waals surface area contributed by atoms with E-state index < -0.39 is 7.12 Å². The van der Waals surface area contributed by atoms with E-state index in [1.54, 1.807) is 54.6 Å². The van der Waals surface area contributed by atoms with Gasteiger partial charge in [0.1, 0.15) is 12.6 Å². The number of carbonyl (C=O) groups excluding carboxylic acids is 6. The highest BCUT2D eigenvalue weighted by atomic mass is 79.9. The van der Waals surface area contributed by atoms with Gasteiger partial charge in [-0.05, 0) is 185 Å². The Morgan fingerprint density at radius 1 is 0.529 bits per heavy atom. The van der Waals surface area contributed by atoms with Crippen LogP contribution in [-0.2, 0) is 61.6 Å². The van der Waals surface area contributed by atoms with Crippen LogP contribution in [0.3, 0.4) is 0 Å². The molecule has 24 heteroatoms. The molecule has 0 aliphatic carbocycles. The second-order valence-electron chi connectivity index (χ2n) is 26.0. The lowest BCUT2D eigenvalue weighted by molar-refractivity contribution is 0.0903. The molecule has 0 atom stereocenters. The van der Waals surface area contributed by atoms with Gasteiger partial charge in [0.05, 0.1) is 34.5 Å². The van der Waals surface area contributed by atoms with Crippen LogP contribution in [0.5, 0.6) is 0 Å². The van der Waals surface area contributed by atoms with Crippen LogP contribution in [0.4, 0.5) is 11.4 Å². The molecule has 0 bridgehead atoms. The Hall–Kier alpha value is -10.2. The topological polar surface area (TPSA) is 295 Å². The minimum Gasteiger partial charge on any atom is -0.423 e. The molecule has 2 aliphatic rings. The number of halogens is 1. The highest BCUT2D eigenvalue weighted by Crippen LogP contribution is 2.34. The van der Waals surface area contributed by atoms with Crippen molar-refractivity contribution < 1.29 is 48.3 Å². The second kappa shape index (κ2) is 36.3. The number of nitrogens with zero attached hydrogens (tertiary/aromatic N) is 6. The first kappa shape index (κ1) is 76.4. The summed E-state index contributed by atoms with van der Waals surface area (Å²) in [5.74, 6) is -1.02. The highest BCUT2D eigenvalue weighted by Gasteiger charge is 2.26. The van der Waals surface area contributed by atoms with Gasteiger partial charge in [-0.1, -0.05) is 96.5 Å². The molecular weight excluding hydrogens is 1380 g/mol. The third-order valence-corrected chi connectivity index (χ3v) is 19.4. The first-order chi connectivity index (χ1) is 50.3. The van der Waals surface area contributed by atoms with Crippen molar-refractivity contribution in [1.82, 2.24) is 50.8 Å². The summed E-state index contributed by atoms with van der Waals surface area (Å²) < 4.78 is 16.0. The maximum absolute atomic E-state index is 13.7. The highest BCUT2D eigenvalue weighted by molar-refractivity contribution is 9.10. The number of pyridine rings is 2. The Morgan fingerprint density at radius 2 is 0.952 bits per heavy atom. The lowest BCUT2D eigenvalue weighted by Gasteiger charge is -2.26. The van der Waals surface area contributed by atoms with Crippen molar-refractivity contribution >= 4 is 98.2 Å². The number of aryl methyl sites for hydroxylation is 8. The normalized spacial score (nSPS) is 13.0. The summed E-state index contributed by atoms with van der Waals surface area (Å²) in [4.78, 5) is 85.1. The van der Waals surface area contributed by atoms with Gasteiger partial charge in [-0.3, -0.25) is 28.8 Å². The van der Waals surface area contributed by atoms with E-state index in [1.807, 2.05) is 111 Å². The molecule has 10 aromatic rings. The smallest absolute Gasteiger partial charge is 0.423 e. The Balaban J connectivity index is 0.000000196. The van der Waals surface area contributed by atoms with Crippen molar-refractivity contribution in [3.63, 3.8) is 0 Å². The van der Waals surface area contributed by atoms with E-state index in [0.717, 1.165) is 157 Å². The van der Waals surface area contributed by atoms with E-state index in [0.29, 0.717) is 97.4 Å². The Bertz CT molecular complexity index is 4760. The van der Waals surface area contributed by atoms with Crippen molar-refractivity contribution in [3.8, 4) is 11.1 Å². The molecule has 540 valence electrons. The third kappa shape index (κ3) is 19.3. The SMILES string of the molecule is CCc1nc2c(cnn2CC)c(NC2CCOCC2)c1CNC(=O)c1cc(C)cc(C(=O)NCc2ccc(C)c(-c3cccc(C=O)c3)c2)c1.CCc1nc2c(cnn2CC)c(NC2CCOCC2)c1CNC(=O)c1cc(C)cc(C(=O)NCc2ccc(C)c(Br)c2)c1.O=Cc1cccc(B(O)O)c1. The molecule has 2 aliphatic heterocycles. The molecule has 0 spiro atoms. The average Bonchev–Trinajstić information content (AvgIpc) is 1.62. The first-order valence-corrected chi connectivity index (χ1v) is 36.2. The van der Waals surface area contributed by atoms with Gasteiger partial charge in [-0.25, -0.2) is 19.3 Å². The predicted molar refractivity (Wildman–Crippen MR) is 410 cm³/mol. The van der Waals surface area contributed by atoms with E-state index in [4.69, 9.17) is 29.5 Å². The largest absolute Gasteiger partial charge is 0.488 e. The van der Waals surface area contributed by atoms with Crippen molar-refractivity contribution in [3.05, 3.63) is 227 Å². The van der Waals surface area contributed by atoms with Gasteiger partial charge in [0.15, 0.2) is 11.3 Å². The molecule has 2 saturated heterocycles. The molecule has 6 aromatic carbocycles. The molecule has 4 amide bonds. The molecule has 104 heavy (non-hydrogen) atoms. The van der Waals surface area contributed by atoms with Gasteiger partial charge in [0.2, 0.25) is 0 Å². The van der Waals surface area contributed by atoms with E-state index in [2.05, 4.69) is 78.8 Å². The number of amides is 4. The quantitative estimate of drug-likeness (QED) is 0.0206. The van der Waals surface area contributed by atoms with Gasteiger partial charge < -0.3 is 51.4 Å². The van der Waals surface area contributed by atoms with E-state index in [1.165, 1.54) is 12.1 Å². The van der Waals surface area contributed by atoms with Crippen LogP contribution >= 0.6 is 15.9 Å². The summed E-state index contributed by atoms with van der Waals surface area (Å²) in [6.07, 6.45) is 10.2. The lowest BCUT2D eigenvalue weighted by Crippen LogP contribution is -2.30. The number of ether oxygens (including phenoxy) is 2. The third-order valence-electron chi connectivity index (χ3n) is 18.5. The zero-order valence-electron chi connectivity index (χ0n) is 60.1. The molecule has 0 unspecified atom stereocenters. The number of benzene rings is 6. The molecule has 2 fully saturated rings. The number of aldehydes is 2. The van der Waals surface area contributed by atoms with Gasteiger partial charge in [0, 0.05) is 138 Å². The van der Waals surface area contributed by atoms with Crippen LogP contribution in [-0.4, -0.2) is 121 Å². The summed E-state index contributed by atoms with van der Waals surface area (Å²) in [6.45, 7) is 21.6. The first-order valence-electron chi connectivity index (χ1n) is 35.4. The van der Waals surface area contributed by atoms with Crippen molar-refractivity contribution in [2.24, 2.45) is 0 Å². The molecule has 22 nitrogen and oxygen atoms in total. The van der Waals surface area contributed by atoms with Crippen molar-refractivity contribution in [2.45, 2.75) is 145 Å². The molecule has 4 aromatic heterocycles. The standard InChI is InChI=1S/C40H44N6O4.C33H39BrN6O3.C7H7BO3/c1-5-36-34(37(44-32-12-14-50-15-13-32)35-23-43-46(6-2)38(35)45-36)22-42-40(49)31-17-25(3)16-30(20-31)39(48)41-21-27-11-10-26(4)33(19-27)29-9-7-8-28(18-29)24-47;1-5-29-26(30(38-25-9-11-43-12-10-25)27-19-37-40(6-2)31(27)39-29)18-36-33(42)24-14-20(3)13-23(16-24)32(41)35-17-22-8-7-21(4)28(34)15-22;9-5-6-2-1-3-7(4-6)8(10)11/h7-11,16-20,23-24,32H,5-6,12-15,21-22H2,1-4H3,(H,41,48)(H,42,49)(H,44,45);7-8,13-16,19,25H,5-6,9-12,17-18H2,1-4H3,(H,35,41)(H,36,42)(H,38,39);1-5,10-11H. The summed E-state index contributed by atoms with van der Waals surface area (Å²) in [7, 11) is -1.50. The van der Waals surface area contributed by atoms with Crippen LogP contribution < -0.4 is 37.4 Å². The predicted octanol–water partition coefficient (Wildman–Crippen LogP) is 11.6. The fraction of sp³-hybridized carbons (Fsp3) is 0.325. The fourth-order valence-electron chi connectivity index (χ4n) is 12.8. The maximum atomic E-state index is 13.7. The molecule has 6 heterocycles. The van der Waals surface area contributed by atoms with Gasteiger partial charge in [-0.15, -0.1) is 0 Å². The zero-order valence-corrected chi connectivity index (χ0v) is 61.7. The lowest BCUT2D eigenvalue weighted by atomic mass is 9.80.